The van der Waals surface area contributed by atoms with Crippen LogP contribution in [0, 0.1) is 5.92 Å². The topological polar surface area (TPSA) is 60.4 Å². The molecule has 1 heterocycles. The molecule has 0 spiro atoms. The Hall–Kier alpha value is -3.79. The molecular weight excluding hydrogens is 352 g/mol. The molecule has 1 aliphatic rings. The van der Waals surface area contributed by atoms with Crippen LogP contribution >= 0.6 is 0 Å². The third kappa shape index (κ3) is 3.16. The van der Waals surface area contributed by atoms with Crippen LogP contribution in [0.3, 0.4) is 0 Å². The molecule has 0 saturated carbocycles. The van der Waals surface area contributed by atoms with Crippen LogP contribution in [0.5, 0.6) is 0 Å². The minimum absolute atomic E-state index is 0.180. The summed E-state index contributed by atoms with van der Waals surface area (Å²) in [6, 6.07) is 26.2. The summed E-state index contributed by atoms with van der Waals surface area (Å²) in [7, 11) is 0. The highest BCUT2D eigenvalue weighted by atomic mass is 16.5. The molecule has 0 saturated heterocycles. The summed E-state index contributed by atoms with van der Waals surface area (Å²) in [5.41, 5.74) is 1.74. The van der Waals surface area contributed by atoms with E-state index in [1.54, 1.807) is 78.9 Å². The van der Waals surface area contributed by atoms with E-state index in [4.69, 9.17) is 4.74 Å². The number of hydrogen-bond donors (Lipinski definition) is 0. The standard InChI is InChI=1S/C24H16O4/c25-21(17-12-6-2-7-13-17)20-22(26)19(16-10-4-1-5-11-16)23(28-24(20)27)18-14-8-3-9-15-18/h1-15,20H. The number of Topliss-reactive ketones (excluding diaryl/α,β-unsaturated/α-hetero) is 2. The third-order valence-electron chi connectivity index (χ3n) is 4.59. The predicted octanol–water partition coefficient (Wildman–Crippen LogP) is 4.18. The van der Waals surface area contributed by atoms with Crippen LogP contribution in [0.4, 0.5) is 0 Å². The minimum atomic E-state index is -1.51. The molecule has 0 amide bonds. The number of carbonyl (C=O) groups excluding carboxylic acids is 3. The molecule has 0 bridgehead atoms. The lowest BCUT2D eigenvalue weighted by molar-refractivity contribution is -0.143. The number of ketones is 2. The molecule has 136 valence electrons. The second-order valence-electron chi connectivity index (χ2n) is 6.38. The van der Waals surface area contributed by atoms with E-state index in [0.29, 0.717) is 16.7 Å². The van der Waals surface area contributed by atoms with Gasteiger partial charge in [-0.3, -0.25) is 14.4 Å². The highest BCUT2D eigenvalue weighted by molar-refractivity contribution is 6.41. The lowest BCUT2D eigenvalue weighted by Crippen LogP contribution is -2.37. The van der Waals surface area contributed by atoms with Crippen molar-refractivity contribution in [1.29, 1.82) is 0 Å². The van der Waals surface area contributed by atoms with Crippen LogP contribution in [0.25, 0.3) is 11.3 Å². The fraction of sp³-hybridized carbons (Fsp3) is 0.0417. The molecule has 3 aromatic carbocycles. The normalized spacial score (nSPS) is 16.6. The van der Waals surface area contributed by atoms with Crippen molar-refractivity contribution in [2.24, 2.45) is 5.92 Å². The van der Waals surface area contributed by atoms with E-state index < -0.39 is 23.5 Å². The van der Waals surface area contributed by atoms with Gasteiger partial charge in [0.15, 0.2) is 17.5 Å². The van der Waals surface area contributed by atoms with Crippen molar-refractivity contribution >= 4 is 28.9 Å². The predicted molar refractivity (Wildman–Crippen MR) is 105 cm³/mol. The number of esters is 1. The van der Waals surface area contributed by atoms with Gasteiger partial charge in [-0.15, -0.1) is 0 Å². The molecule has 0 aliphatic carbocycles. The van der Waals surface area contributed by atoms with Crippen LogP contribution < -0.4 is 0 Å². The van der Waals surface area contributed by atoms with E-state index in [2.05, 4.69) is 0 Å². The van der Waals surface area contributed by atoms with Crippen LogP contribution in [0.2, 0.25) is 0 Å². The van der Waals surface area contributed by atoms with Crippen molar-refractivity contribution in [2.45, 2.75) is 0 Å². The van der Waals surface area contributed by atoms with Gasteiger partial charge in [0, 0.05) is 11.1 Å². The summed E-state index contributed by atoms with van der Waals surface area (Å²) >= 11 is 0. The van der Waals surface area contributed by atoms with Crippen LogP contribution in [-0.2, 0) is 14.3 Å². The van der Waals surface area contributed by atoms with Crippen molar-refractivity contribution < 1.29 is 19.1 Å². The molecule has 3 aromatic rings. The van der Waals surface area contributed by atoms with Gasteiger partial charge in [0.25, 0.3) is 0 Å². The van der Waals surface area contributed by atoms with E-state index in [1.807, 2.05) is 12.1 Å². The lowest BCUT2D eigenvalue weighted by atomic mass is 9.84. The van der Waals surface area contributed by atoms with Crippen LogP contribution in [-0.4, -0.2) is 17.5 Å². The van der Waals surface area contributed by atoms with Gasteiger partial charge in [0.1, 0.15) is 5.76 Å². The van der Waals surface area contributed by atoms with Crippen molar-refractivity contribution in [3.63, 3.8) is 0 Å². The van der Waals surface area contributed by atoms with Crippen LogP contribution in [0.15, 0.2) is 91.0 Å². The molecule has 4 rings (SSSR count). The maximum absolute atomic E-state index is 13.4. The summed E-state index contributed by atoms with van der Waals surface area (Å²) < 4.78 is 5.56. The highest BCUT2D eigenvalue weighted by Gasteiger charge is 2.44. The number of hydrogen-bond acceptors (Lipinski definition) is 4. The van der Waals surface area contributed by atoms with Gasteiger partial charge >= 0.3 is 5.97 Å². The molecule has 0 radical (unpaired) electrons. The summed E-state index contributed by atoms with van der Waals surface area (Å²) in [4.78, 5) is 38.9. The summed E-state index contributed by atoms with van der Waals surface area (Å²) in [5, 5.41) is 0. The van der Waals surface area contributed by atoms with E-state index in [0.717, 1.165) is 0 Å². The number of allylic oxidation sites excluding steroid dienone is 1. The summed E-state index contributed by atoms with van der Waals surface area (Å²) in [5.74, 6) is -3.28. The molecule has 1 unspecified atom stereocenters. The van der Waals surface area contributed by atoms with Gasteiger partial charge in [0.05, 0.1) is 5.57 Å². The minimum Gasteiger partial charge on any atom is -0.424 e. The summed E-state index contributed by atoms with van der Waals surface area (Å²) in [6.07, 6.45) is 0. The molecule has 0 N–H and O–H groups in total. The smallest absolute Gasteiger partial charge is 0.330 e. The fourth-order valence-electron chi connectivity index (χ4n) is 3.24. The van der Waals surface area contributed by atoms with E-state index in [-0.39, 0.29) is 11.3 Å². The molecule has 4 heteroatoms. The molecule has 28 heavy (non-hydrogen) atoms. The first-order chi connectivity index (χ1) is 13.7. The Labute approximate surface area is 162 Å². The van der Waals surface area contributed by atoms with E-state index >= 15 is 0 Å². The van der Waals surface area contributed by atoms with Gasteiger partial charge in [-0.25, -0.2) is 0 Å². The second kappa shape index (κ2) is 7.45. The first kappa shape index (κ1) is 17.6. The first-order valence-electron chi connectivity index (χ1n) is 8.87. The Bertz CT molecular complexity index is 1070. The maximum Gasteiger partial charge on any atom is 0.330 e. The molecular formula is C24H16O4. The Balaban J connectivity index is 1.86. The fourth-order valence-corrected chi connectivity index (χ4v) is 3.24. The number of carbonyl (C=O) groups is 3. The van der Waals surface area contributed by atoms with Gasteiger partial charge in [-0.1, -0.05) is 91.0 Å². The van der Waals surface area contributed by atoms with Crippen LogP contribution in [0.1, 0.15) is 21.5 Å². The molecule has 4 nitrogen and oxygen atoms in total. The molecule has 0 aromatic heterocycles. The van der Waals surface area contributed by atoms with Gasteiger partial charge in [0.2, 0.25) is 0 Å². The van der Waals surface area contributed by atoms with Crippen molar-refractivity contribution in [3.8, 4) is 0 Å². The number of benzene rings is 3. The average molecular weight is 368 g/mol. The highest BCUT2D eigenvalue weighted by Crippen LogP contribution is 2.36. The first-order valence-corrected chi connectivity index (χ1v) is 8.87. The van der Waals surface area contributed by atoms with Gasteiger partial charge in [-0.2, -0.15) is 0 Å². The molecule has 1 aliphatic heterocycles. The Kier molecular flexibility index (Phi) is 4.68. The monoisotopic (exact) mass is 368 g/mol. The third-order valence-corrected chi connectivity index (χ3v) is 4.59. The number of rotatable bonds is 4. The average Bonchev–Trinajstić information content (AvgIpc) is 2.75. The van der Waals surface area contributed by atoms with Crippen molar-refractivity contribution in [2.75, 3.05) is 0 Å². The second-order valence-corrected chi connectivity index (χ2v) is 6.38. The largest absolute Gasteiger partial charge is 0.424 e. The lowest BCUT2D eigenvalue weighted by Gasteiger charge is -2.25. The Morgan fingerprint density at radius 1 is 0.679 bits per heavy atom. The number of ether oxygens (including phenoxy) is 1. The van der Waals surface area contributed by atoms with E-state index in [1.165, 1.54) is 0 Å². The SMILES string of the molecule is O=C1OC(c2ccccc2)=C(c2ccccc2)C(=O)C1C(=O)c1ccccc1. The zero-order valence-corrected chi connectivity index (χ0v) is 14.9. The molecule has 1 atom stereocenters. The van der Waals surface area contributed by atoms with Crippen molar-refractivity contribution in [1.82, 2.24) is 0 Å². The maximum atomic E-state index is 13.4. The number of cyclic esters (lactones) is 1. The van der Waals surface area contributed by atoms with Gasteiger partial charge in [-0.05, 0) is 5.56 Å². The Morgan fingerprint density at radius 2 is 1.18 bits per heavy atom. The van der Waals surface area contributed by atoms with Gasteiger partial charge < -0.3 is 4.74 Å². The van der Waals surface area contributed by atoms with Crippen molar-refractivity contribution in [3.05, 3.63) is 108 Å². The van der Waals surface area contributed by atoms with E-state index in [9.17, 15) is 14.4 Å². The Morgan fingerprint density at radius 3 is 1.75 bits per heavy atom. The zero-order valence-electron chi connectivity index (χ0n) is 14.9. The quantitative estimate of drug-likeness (QED) is 0.394. The molecule has 0 fully saturated rings. The zero-order chi connectivity index (χ0) is 19.5. The summed E-state index contributed by atoms with van der Waals surface area (Å²) in [6.45, 7) is 0.